The van der Waals surface area contributed by atoms with Crippen LogP contribution in [0.1, 0.15) is 33.6 Å². The number of hydrogen-bond donors (Lipinski definition) is 1. The molecule has 0 unspecified atom stereocenters. The number of primary amides is 1. The molecule has 0 aromatic heterocycles. The van der Waals surface area contributed by atoms with Crippen LogP contribution in [-0.4, -0.2) is 11.2 Å². The Morgan fingerprint density at radius 2 is 2.38 bits per heavy atom. The Kier molecular flexibility index (Phi) is 3.06. The summed E-state index contributed by atoms with van der Waals surface area (Å²) in [6.07, 6.45) is 4.06. The number of carbonyl (C=O) groups is 1. The third-order valence-corrected chi connectivity index (χ3v) is 4.34. The number of rotatable bonds is 3. The average molecular weight is 199 g/mol. The molecule has 0 aromatic rings. The van der Waals surface area contributed by atoms with E-state index in [1.165, 1.54) is 4.91 Å². The van der Waals surface area contributed by atoms with Crippen LogP contribution in [0.5, 0.6) is 0 Å². The number of allylic oxidation sites excluding steroid dienone is 2. The zero-order valence-electron chi connectivity index (χ0n) is 8.46. The standard InChI is InChI=1S/C10H17NOS/c1-4-10(2,3)8-6-5-7(13-8)9(11)12/h6-7H,4-5H2,1-3H3,(H2,11,12)/t7-/m0/s1. The second-order valence-electron chi connectivity index (χ2n) is 4.05. The van der Waals surface area contributed by atoms with Gasteiger partial charge in [-0.1, -0.05) is 26.8 Å². The fourth-order valence-corrected chi connectivity index (χ4v) is 2.52. The molecule has 0 fully saturated rings. The van der Waals surface area contributed by atoms with Gasteiger partial charge < -0.3 is 5.73 Å². The van der Waals surface area contributed by atoms with Crippen LogP contribution in [0.2, 0.25) is 0 Å². The average Bonchev–Trinajstić information content (AvgIpc) is 2.52. The molecule has 0 aromatic carbocycles. The quantitative estimate of drug-likeness (QED) is 0.758. The molecule has 0 bridgehead atoms. The molecular weight excluding hydrogens is 182 g/mol. The summed E-state index contributed by atoms with van der Waals surface area (Å²) in [5, 5.41) is -0.0270. The van der Waals surface area contributed by atoms with Crippen molar-refractivity contribution in [1.29, 1.82) is 0 Å². The Bertz CT molecular complexity index is 245. The lowest BCUT2D eigenvalue weighted by Gasteiger charge is -2.24. The van der Waals surface area contributed by atoms with Crippen molar-refractivity contribution >= 4 is 17.7 Å². The van der Waals surface area contributed by atoms with Crippen LogP contribution >= 0.6 is 11.8 Å². The maximum Gasteiger partial charge on any atom is 0.231 e. The van der Waals surface area contributed by atoms with Gasteiger partial charge in [-0.05, 0) is 23.2 Å². The molecule has 1 atom stereocenters. The predicted molar refractivity (Wildman–Crippen MR) is 57.3 cm³/mol. The van der Waals surface area contributed by atoms with E-state index in [0.29, 0.717) is 0 Å². The molecule has 1 heterocycles. The van der Waals surface area contributed by atoms with Crippen molar-refractivity contribution < 1.29 is 4.79 Å². The Hall–Kier alpha value is -0.440. The van der Waals surface area contributed by atoms with Gasteiger partial charge in [-0.3, -0.25) is 4.79 Å². The van der Waals surface area contributed by atoms with E-state index in [1.807, 2.05) is 0 Å². The summed E-state index contributed by atoms with van der Waals surface area (Å²) in [5.41, 5.74) is 5.45. The van der Waals surface area contributed by atoms with Gasteiger partial charge in [0.1, 0.15) is 0 Å². The Labute approximate surface area is 84.0 Å². The van der Waals surface area contributed by atoms with E-state index in [2.05, 4.69) is 26.8 Å². The first kappa shape index (κ1) is 10.6. The highest BCUT2D eigenvalue weighted by Crippen LogP contribution is 2.44. The van der Waals surface area contributed by atoms with Crippen LogP contribution < -0.4 is 5.73 Å². The highest BCUT2D eigenvalue weighted by atomic mass is 32.2. The van der Waals surface area contributed by atoms with Crippen molar-refractivity contribution in [2.45, 2.75) is 38.9 Å². The summed E-state index contributed by atoms with van der Waals surface area (Å²) in [6, 6.07) is 0. The second-order valence-corrected chi connectivity index (χ2v) is 5.29. The molecule has 1 aliphatic rings. The molecule has 1 rings (SSSR count). The van der Waals surface area contributed by atoms with Gasteiger partial charge in [0.25, 0.3) is 0 Å². The van der Waals surface area contributed by atoms with Crippen molar-refractivity contribution in [3.05, 3.63) is 11.0 Å². The summed E-state index contributed by atoms with van der Waals surface area (Å²) < 4.78 is 0. The topological polar surface area (TPSA) is 43.1 Å². The maximum atomic E-state index is 10.9. The van der Waals surface area contributed by atoms with E-state index >= 15 is 0 Å². The lowest BCUT2D eigenvalue weighted by molar-refractivity contribution is -0.117. The van der Waals surface area contributed by atoms with Gasteiger partial charge in [-0.25, -0.2) is 0 Å². The molecule has 13 heavy (non-hydrogen) atoms. The number of hydrogen-bond acceptors (Lipinski definition) is 2. The first-order valence-electron chi connectivity index (χ1n) is 4.64. The van der Waals surface area contributed by atoms with Gasteiger partial charge in [0.2, 0.25) is 5.91 Å². The molecule has 3 heteroatoms. The molecule has 74 valence electrons. The second kappa shape index (κ2) is 3.74. The summed E-state index contributed by atoms with van der Waals surface area (Å²) in [5.74, 6) is -0.192. The van der Waals surface area contributed by atoms with Gasteiger partial charge in [-0.2, -0.15) is 0 Å². The SMILES string of the molecule is CCC(C)(C)C1=CC[C@@H](C(N)=O)S1. The smallest absolute Gasteiger partial charge is 0.231 e. The maximum absolute atomic E-state index is 10.9. The van der Waals surface area contributed by atoms with E-state index in [1.54, 1.807) is 11.8 Å². The van der Waals surface area contributed by atoms with Crippen LogP contribution in [-0.2, 0) is 4.79 Å². The fourth-order valence-electron chi connectivity index (χ4n) is 1.25. The molecule has 2 nitrogen and oxygen atoms in total. The first-order valence-corrected chi connectivity index (χ1v) is 5.52. The zero-order chi connectivity index (χ0) is 10.1. The minimum Gasteiger partial charge on any atom is -0.369 e. The highest BCUT2D eigenvalue weighted by Gasteiger charge is 2.30. The van der Waals surface area contributed by atoms with Crippen LogP contribution in [0.15, 0.2) is 11.0 Å². The monoisotopic (exact) mass is 199 g/mol. The third-order valence-electron chi connectivity index (χ3n) is 2.65. The molecule has 0 saturated carbocycles. The molecule has 0 aliphatic carbocycles. The van der Waals surface area contributed by atoms with Crippen molar-refractivity contribution in [2.24, 2.45) is 11.1 Å². The molecule has 2 N–H and O–H groups in total. The lowest BCUT2D eigenvalue weighted by atomic mass is 9.89. The number of carbonyl (C=O) groups excluding carboxylic acids is 1. The number of thioether (sulfide) groups is 1. The van der Waals surface area contributed by atoms with Crippen molar-refractivity contribution in [1.82, 2.24) is 0 Å². The van der Waals surface area contributed by atoms with Crippen LogP contribution in [0.25, 0.3) is 0 Å². The largest absolute Gasteiger partial charge is 0.369 e. The van der Waals surface area contributed by atoms with Gasteiger partial charge >= 0.3 is 0 Å². The van der Waals surface area contributed by atoms with Crippen molar-refractivity contribution in [2.75, 3.05) is 0 Å². The molecule has 1 aliphatic heterocycles. The summed E-state index contributed by atoms with van der Waals surface area (Å²) in [4.78, 5) is 12.2. The van der Waals surface area contributed by atoms with E-state index < -0.39 is 0 Å². The Morgan fingerprint density at radius 1 is 1.77 bits per heavy atom. The summed E-state index contributed by atoms with van der Waals surface area (Å²) in [6.45, 7) is 6.57. The summed E-state index contributed by atoms with van der Waals surface area (Å²) >= 11 is 1.64. The zero-order valence-corrected chi connectivity index (χ0v) is 9.28. The Balaban J connectivity index is 2.63. The minimum absolute atomic E-state index is 0.0270. The van der Waals surface area contributed by atoms with Crippen LogP contribution in [0.4, 0.5) is 0 Å². The molecule has 0 saturated heterocycles. The van der Waals surface area contributed by atoms with Crippen molar-refractivity contribution in [3.63, 3.8) is 0 Å². The number of nitrogens with two attached hydrogens (primary N) is 1. The predicted octanol–water partition coefficient (Wildman–Crippen LogP) is 2.30. The first-order chi connectivity index (χ1) is 5.97. The minimum atomic E-state index is -0.192. The molecule has 0 radical (unpaired) electrons. The van der Waals surface area contributed by atoms with E-state index in [0.717, 1.165) is 12.8 Å². The van der Waals surface area contributed by atoms with Gasteiger partial charge in [0.05, 0.1) is 5.25 Å². The molecule has 0 spiro atoms. The third kappa shape index (κ3) is 2.27. The van der Waals surface area contributed by atoms with E-state index in [9.17, 15) is 4.79 Å². The fraction of sp³-hybridized carbons (Fsp3) is 0.700. The van der Waals surface area contributed by atoms with Crippen LogP contribution in [0, 0.1) is 5.41 Å². The normalized spacial score (nSPS) is 23.0. The lowest BCUT2D eigenvalue weighted by Crippen LogP contribution is -2.23. The van der Waals surface area contributed by atoms with E-state index in [4.69, 9.17) is 5.73 Å². The van der Waals surface area contributed by atoms with Gasteiger partial charge in [0, 0.05) is 0 Å². The molecular formula is C10H17NOS. The van der Waals surface area contributed by atoms with Crippen LogP contribution in [0.3, 0.4) is 0 Å². The summed E-state index contributed by atoms with van der Waals surface area (Å²) in [7, 11) is 0. The van der Waals surface area contributed by atoms with Gasteiger partial charge in [-0.15, -0.1) is 11.8 Å². The highest BCUT2D eigenvalue weighted by molar-refractivity contribution is 8.04. The molecule has 1 amide bonds. The van der Waals surface area contributed by atoms with Gasteiger partial charge in [0.15, 0.2) is 0 Å². The Morgan fingerprint density at radius 3 is 2.77 bits per heavy atom. The van der Waals surface area contributed by atoms with E-state index in [-0.39, 0.29) is 16.6 Å². The van der Waals surface area contributed by atoms with Crippen molar-refractivity contribution in [3.8, 4) is 0 Å². The number of amides is 1.